The van der Waals surface area contributed by atoms with E-state index >= 15 is 0 Å². The van der Waals surface area contributed by atoms with Crippen LogP contribution in [0.5, 0.6) is 0 Å². The molecule has 0 bridgehead atoms. The van der Waals surface area contributed by atoms with Gasteiger partial charge in [0.15, 0.2) is 6.07 Å². The van der Waals surface area contributed by atoms with Crippen molar-refractivity contribution in [2.24, 2.45) is 5.92 Å². The number of amides is 1. The van der Waals surface area contributed by atoms with Crippen molar-refractivity contribution in [1.29, 1.82) is 0 Å². The van der Waals surface area contributed by atoms with Crippen LogP contribution in [0, 0.1) is 5.92 Å². The second kappa shape index (κ2) is 7.59. The van der Waals surface area contributed by atoms with E-state index in [1.165, 1.54) is 4.90 Å². The lowest BCUT2D eigenvalue weighted by Crippen LogP contribution is -2.43. The molecule has 0 aromatic heterocycles. The summed E-state index contributed by atoms with van der Waals surface area (Å²) in [4.78, 5) is 35.6. The molecule has 0 aliphatic carbocycles. The number of carboxylic acid groups (broad SMARTS) is 1. The van der Waals surface area contributed by atoms with E-state index in [2.05, 4.69) is 4.74 Å². The minimum absolute atomic E-state index is 0.221. The predicted molar refractivity (Wildman–Crippen MR) is 71.2 cm³/mol. The number of alkyl halides is 1. The number of thioether (sulfide) groups is 1. The summed E-state index contributed by atoms with van der Waals surface area (Å²) in [5, 5.41) is 8.48. The van der Waals surface area contributed by atoms with E-state index in [4.69, 9.17) is 16.7 Å². The Hall–Kier alpha value is -0.950. The second-order valence-corrected chi connectivity index (χ2v) is 5.42. The van der Waals surface area contributed by atoms with Gasteiger partial charge >= 0.3 is 11.3 Å². The van der Waals surface area contributed by atoms with Crippen molar-refractivity contribution in [3.8, 4) is 0 Å². The summed E-state index contributed by atoms with van der Waals surface area (Å²) in [6.07, 6.45) is 1.17. The highest BCUT2D eigenvalue weighted by atomic mass is 35.5. The zero-order valence-corrected chi connectivity index (χ0v) is 12.1. The van der Waals surface area contributed by atoms with Gasteiger partial charge < -0.3 is 14.7 Å². The molecule has 6 nitrogen and oxygen atoms in total. The first-order chi connectivity index (χ1) is 8.97. The molecule has 0 saturated carbocycles. The molecule has 19 heavy (non-hydrogen) atoms. The molecule has 1 fully saturated rings. The molecule has 0 aromatic carbocycles. The molecule has 8 heteroatoms. The van der Waals surface area contributed by atoms with Crippen molar-refractivity contribution >= 4 is 40.5 Å². The van der Waals surface area contributed by atoms with Gasteiger partial charge in [0.2, 0.25) is 5.91 Å². The first kappa shape index (κ1) is 16.1. The number of carbonyl (C=O) groups excluding carboxylic acids is 2. The summed E-state index contributed by atoms with van der Waals surface area (Å²) in [5.41, 5.74) is 0. The third-order valence-electron chi connectivity index (χ3n) is 2.87. The highest BCUT2D eigenvalue weighted by Gasteiger charge is 2.35. The maximum atomic E-state index is 12.1. The molecule has 0 spiro atoms. The number of carboxylic acids is 1. The Kier molecular flexibility index (Phi) is 6.44. The molecule has 2 atom stereocenters. The molecule has 0 aromatic rings. The van der Waals surface area contributed by atoms with Crippen LogP contribution >= 0.6 is 23.4 Å². The van der Waals surface area contributed by atoms with Gasteiger partial charge in [-0.3, -0.25) is 4.79 Å². The topological polar surface area (TPSA) is 83.9 Å². The first-order valence-electron chi connectivity index (χ1n) is 5.86. The Morgan fingerprint density at radius 3 is 2.79 bits per heavy atom. The van der Waals surface area contributed by atoms with Crippen LogP contribution in [-0.4, -0.2) is 51.6 Å². The third-order valence-corrected chi connectivity index (χ3v) is 4.00. The molecule has 0 unspecified atom stereocenters. The van der Waals surface area contributed by atoms with E-state index in [-0.39, 0.29) is 17.7 Å². The summed E-state index contributed by atoms with van der Waals surface area (Å²) >= 11 is 6.10. The van der Waals surface area contributed by atoms with Crippen molar-refractivity contribution in [1.82, 2.24) is 4.90 Å². The molecule has 1 heterocycles. The van der Waals surface area contributed by atoms with E-state index in [9.17, 15) is 14.4 Å². The highest BCUT2D eigenvalue weighted by molar-refractivity contribution is 8.13. The van der Waals surface area contributed by atoms with Gasteiger partial charge in [0, 0.05) is 18.2 Å². The molecule has 1 amide bonds. The normalized spacial score (nSPS) is 20.1. The summed E-state index contributed by atoms with van der Waals surface area (Å²) in [7, 11) is 0. The second-order valence-electron chi connectivity index (χ2n) is 4.24. The number of likely N-dealkylation sites (tertiary alicyclic amines) is 1. The fraction of sp³-hybridized carbons (Fsp3) is 0.727. The monoisotopic (exact) mass is 309 g/mol. The third kappa shape index (κ3) is 4.58. The average molecular weight is 310 g/mol. The average Bonchev–Trinajstić information content (AvgIpc) is 2.84. The smallest absolute Gasteiger partial charge is 0.368 e. The van der Waals surface area contributed by atoms with Crippen molar-refractivity contribution in [2.75, 3.05) is 18.4 Å². The van der Waals surface area contributed by atoms with Crippen LogP contribution in [0.25, 0.3) is 0 Å². The molecule has 108 valence electrons. The summed E-state index contributed by atoms with van der Waals surface area (Å²) in [6, 6.07) is -0.962. The van der Waals surface area contributed by atoms with Crippen LogP contribution in [-0.2, 0) is 14.3 Å². The first-order valence-corrected chi connectivity index (χ1v) is 7.38. The standard InChI is InChI=1S/C11H16ClNO5S/c1-7(5-19-11(17)18-6-12)9(14)13-4-2-3-8(13)10(15)16/h7-8H,2-6H2,1H3,(H,15,16)/t7-,8+/m1/s1. The van der Waals surface area contributed by atoms with E-state index in [0.717, 1.165) is 11.8 Å². The number of nitrogens with zero attached hydrogens (tertiary/aromatic N) is 1. The van der Waals surface area contributed by atoms with Crippen LogP contribution in [0.1, 0.15) is 19.8 Å². The van der Waals surface area contributed by atoms with Crippen LogP contribution in [0.15, 0.2) is 0 Å². The zero-order chi connectivity index (χ0) is 14.4. The van der Waals surface area contributed by atoms with Gasteiger partial charge in [-0.05, 0) is 24.6 Å². The maximum absolute atomic E-state index is 12.1. The van der Waals surface area contributed by atoms with E-state index in [0.29, 0.717) is 19.4 Å². The Balaban J connectivity index is 2.47. The zero-order valence-electron chi connectivity index (χ0n) is 10.5. The number of carbonyl (C=O) groups is 3. The van der Waals surface area contributed by atoms with Crippen molar-refractivity contribution in [3.63, 3.8) is 0 Å². The lowest BCUT2D eigenvalue weighted by molar-refractivity contribution is -0.149. The Labute approximate surface area is 120 Å². The number of rotatable bonds is 5. The van der Waals surface area contributed by atoms with Crippen molar-refractivity contribution < 1.29 is 24.2 Å². The SMILES string of the molecule is C[C@H](CSC(=O)OCCl)C(=O)N1CCC[C@H]1C(=O)O. The number of aliphatic carboxylic acids is 1. The van der Waals surface area contributed by atoms with Crippen molar-refractivity contribution in [2.45, 2.75) is 25.8 Å². The molecule has 1 aliphatic heterocycles. The number of hydrogen-bond acceptors (Lipinski definition) is 5. The molecular weight excluding hydrogens is 294 g/mol. The Bertz CT molecular complexity index is 365. The maximum Gasteiger partial charge on any atom is 0.368 e. The van der Waals surface area contributed by atoms with Gasteiger partial charge in [-0.15, -0.1) is 0 Å². The fourth-order valence-electron chi connectivity index (χ4n) is 1.92. The largest absolute Gasteiger partial charge is 0.480 e. The van der Waals surface area contributed by atoms with Gasteiger partial charge in [-0.2, -0.15) is 0 Å². The van der Waals surface area contributed by atoms with E-state index in [1.54, 1.807) is 6.92 Å². The van der Waals surface area contributed by atoms with E-state index in [1.807, 2.05) is 0 Å². The van der Waals surface area contributed by atoms with Gasteiger partial charge in [0.05, 0.1) is 0 Å². The van der Waals surface area contributed by atoms with E-state index < -0.39 is 23.2 Å². The van der Waals surface area contributed by atoms with Gasteiger partial charge in [0.25, 0.3) is 0 Å². The minimum Gasteiger partial charge on any atom is -0.480 e. The lowest BCUT2D eigenvalue weighted by Gasteiger charge is -2.24. The van der Waals surface area contributed by atoms with Crippen LogP contribution in [0.3, 0.4) is 0 Å². The number of hydrogen-bond donors (Lipinski definition) is 1. The molecule has 0 radical (unpaired) electrons. The van der Waals surface area contributed by atoms with Crippen LogP contribution < -0.4 is 0 Å². The number of ether oxygens (including phenoxy) is 1. The molecule has 1 N–H and O–H groups in total. The van der Waals surface area contributed by atoms with Crippen molar-refractivity contribution in [3.05, 3.63) is 0 Å². The Morgan fingerprint density at radius 2 is 2.21 bits per heavy atom. The predicted octanol–water partition coefficient (Wildman–Crippen LogP) is 1.76. The minimum atomic E-state index is -0.979. The summed E-state index contributed by atoms with van der Waals surface area (Å²) in [6.45, 7) is 2.12. The van der Waals surface area contributed by atoms with Gasteiger partial charge in [-0.1, -0.05) is 18.5 Å². The van der Waals surface area contributed by atoms with Gasteiger partial charge in [0.1, 0.15) is 6.04 Å². The summed E-state index contributed by atoms with van der Waals surface area (Å²) in [5.74, 6) is -1.41. The molecule has 1 saturated heterocycles. The molecular formula is C11H16ClNO5S. The molecule has 1 aliphatic rings. The quantitative estimate of drug-likeness (QED) is 0.615. The summed E-state index contributed by atoms with van der Waals surface area (Å²) < 4.78 is 4.53. The van der Waals surface area contributed by atoms with Gasteiger partial charge in [-0.25, -0.2) is 9.59 Å². The Morgan fingerprint density at radius 1 is 1.53 bits per heavy atom. The lowest BCUT2D eigenvalue weighted by atomic mass is 10.1. The number of halogens is 1. The molecule has 1 rings (SSSR count). The van der Waals surface area contributed by atoms with Crippen LogP contribution in [0.2, 0.25) is 0 Å². The highest BCUT2D eigenvalue weighted by Crippen LogP contribution is 2.22. The van der Waals surface area contributed by atoms with Crippen LogP contribution in [0.4, 0.5) is 4.79 Å². The fourth-order valence-corrected chi connectivity index (χ4v) is 2.76.